The predicted molar refractivity (Wildman–Crippen MR) is 155 cm³/mol. The van der Waals surface area contributed by atoms with Gasteiger partial charge in [-0.05, 0) is 57.0 Å². The van der Waals surface area contributed by atoms with Crippen LogP contribution in [0, 0.1) is 12.8 Å². The summed E-state index contributed by atoms with van der Waals surface area (Å²) in [6.45, 7) is 11.0. The molecule has 0 saturated carbocycles. The molecule has 0 N–H and O–H groups in total. The lowest BCUT2D eigenvalue weighted by Crippen LogP contribution is -2.47. The van der Waals surface area contributed by atoms with Crippen LogP contribution in [0.3, 0.4) is 0 Å². The van der Waals surface area contributed by atoms with E-state index in [4.69, 9.17) is 16.3 Å². The molecule has 4 heterocycles. The number of ether oxygens (including phenoxy) is 1. The van der Waals surface area contributed by atoms with Crippen LogP contribution < -0.4 is 16.0 Å². The Hall–Kier alpha value is -2.94. The molecule has 1 aromatic carbocycles. The van der Waals surface area contributed by atoms with Gasteiger partial charge in [-0.25, -0.2) is 4.79 Å². The van der Waals surface area contributed by atoms with Crippen molar-refractivity contribution in [2.75, 3.05) is 13.1 Å². The summed E-state index contributed by atoms with van der Waals surface area (Å²) in [5.41, 5.74) is 3.05. The summed E-state index contributed by atoms with van der Waals surface area (Å²) in [5, 5.41) is 0.647. The van der Waals surface area contributed by atoms with E-state index in [1.165, 1.54) is 32.7 Å². The Bertz CT molecular complexity index is 1610. The summed E-state index contributed by atoms with van der Waals surface area (Å²) in [6.07, 6.45) is 4.35. The fourth-order valence-electron chi connectivity index (χ4n) is 5.23. The first-order valence-electron chi connectivity index (χ1n) is 13.0. The Labute approximate surface area is 231 Å². The SMILES string of the molecule is Cc1cc(Cl)cc(-c2ccnc3cc(Cn4c(=O)ccn(C)c4=O)sc23)c1O[C@@H]1CCN(C(C)C)C[C@@H]1C. The van der Waals surface area contributed by atoms with Crippen molar-refractivity contribution >= 4 is 33.2 Å². The first-order valence-corrected chi connectivity index (χ1v) is 14.2. The van der Waals surface area contributed by atoms with Crippen molar-refractivity contribution in [1.82, 2.24) is 19.0 Å². The number of hydrogen-bond donors (Lipinski definition) is 0. The minimum atomic E-state index is -0.345. The largest absolute Gasteiger partial charge is 0.489 e. The van der Waals surface area contributed by atoms with Crippen LogP contribution in [-0.4, -0.2) is 44.3 Å². The van der Waals surface area contributed by atoms with Crippen LogP contribution in [0.1, 0.15) is 37.6 Å². The number of hydrogen-bond acceptors (Lipinski definition) is 6. The first kappa shape index (κ1) is 26.7. The molecule has 5 rings (SSSR count). The van der Waals surface area contributed by atoms with Gasteiger partial charge in [-0.3, -0.25) is 14.3 Å². The van der Waals surface area contributed by atoms with Crippen molar-refractivity contribution in [3.8, 4) is 16.9 Å². The molecule has 7 nitrogen and oxygen atoms in total. The van der Waals surface area contributed by atoms with Crippen LogP contribution in [-0.2, 0) is 13.6 Å². The third-order valence-corrected chi connectivity index (χ3v) is 8.76. The second-order valence-corrected chi connectivity index (χ2v) is 12.1. The average molecular weight is 553 g/mol. The van der Waals surface area contributed by atoms with Crippen molar-refractivity contribution in [3.05, 3.63) is 79.0 Å². The molecule has 38 heavy (non-hydrogen) atoms. The summed E-state index contributed by atoms with van der Waals surface area (Å²) in [5.74, 6) is 1.24. The van der Waals surface area contributed by atoms with Crippen molar-refractivity contribution in [1.29, 1.82) is 0 Å². The van der Waals surface area contributed by atoms with E-state index in [0.717, 1.165) is 57.0 Å². The second kappa shape index (κ2) is 10.7. The van der Waals surface area contributed by atoms with E-state index in [-0.39, 0.29) is 23.9 Å². The number of pyridine rings is 1. The van der Waals surface area contributed by atoms with Crippen LogP contribution in [0.5, 0.6) is 5.75 Å². The fraction of sp³-hybridized carbons (Fsp3) is 0.414. The monoisotopic (exact) mass is 552 g/mol. The van der Waals surface area contributed by atoms with Gasteiger partial charge in [-0.1, -0.05) is 18.5 Å². The lowest BCUT2D eigenvalue weighted by atomic mass is 9.94. The number of thiophene rings is 1. The van der Waals surface area contributed by atoms with Gasteiger partial charge in [0.05, 0.1) is 16.8 Å². The summed E-state index contributed by atoms with van der Waals surface area (Å²) in [6, 6.07) is 9.77. The zero-order valence-corrected chi connectivity index (χ0v) is 24.0. The molecule has 0 amide bonds. The van der Waals surface area contributed by atoms with Gasteiger partial charge in [-0.2, -0.15) is 0 Å². The maximum Gasteiger partial charge on any atom is 0.331 e. The Morgan fingerprint density at radius 2 is 1.97 bits per heavy atom. The third-order valence-electron chi connectivity index (χ3n) is 7.40. The van der Waals surface area contributed by atoms with Crippen LogP contribution in [0.4, 0.5) is 0 Å². The van der Waals surface area contributed by atoms with Gasteiger partial charge in [0.25, 0.3) is 5.56 Å². The van der Waals surface area contributed by atoms with E-state index in [9.17, 15) is 9.59 Å². The predicted octanol–water partition coefficient (Wildman–Crippen LogP) is 5.33. The van der Waals surface area contributed by atoms with E-state index >= 15 is 0 Å². The molecule has 3 aromatic heterocycles. The lowest BCUT2D eigenvalue weighted by Gasteiger charge is -2.39. The smallest absolute Gasteiger partial charge is 0.331 e. The Morgan fingerprint density at radius 3 is 2.71 bits per heavy atom. The normalized spacial score (nSPS) is 18.4. The summed E-state index contributed by atoms with van der Waals surface area (Å²) in [4.78, 5) is 32.9. The molecule has 0 bridgehead atoms. The highest BCUT2D eigenvalue weighted by Gasteiger charge is 2.30. The number of nitrogens with zero attached hydrogens (tertiary/aromatic N) is 4. The molecule has 0 spiro atoms. The molecule has 9 heteroatoms. The number of benzene rings is 1. The quantitative estimate of drug-likeness (QED) is 0.323. The molecule has 2 atom stereocenters. The second-order valence-electron chi connectivity index (χ2n) is 10.5. The van der Waals surface area contributed by atoms with E-state index in [2.05, 4.69) is 30.7 Å². The van der Waals surface area contributed by atoms with E-state index in [1.807, 2.05) is 31.2 Å². The van der Waals surface area contributed by atoms with Gasteiger partial charge in [0.1, 0.15) is 11.9 Å². The molecule has 1 aliphatic heterocycles. The molecular weight excluding hydrogens is 520 g/mol. The Morgan fingerprint density at radius 1 is 1.18 bits per heavy atom. The number of aromatic nitrogens is 3. The topological polar surface area (TPSA) is 69.4 Å². The minimum absolute atomic E-state index is 0.112. The molecule has 0 radical (unpaired) electrons. The lowest BCUT2D eigenvalue weighted by molar-refractivity contribution is 0.0389. The average Bonchev–Trinajstić information content (AvgIpc) is 3.29. The van der Waals surface area contributed by atoms with Crippen molar-refractivity contribution in [2.45, 2.75) is 52.8 Å². The molecule has 200 valence electrons. The van der Waals surface area contributed by atoms with Crippen LogP contribution >= 0.6 is 22.9 Å². The summed E-state index contributed by atoms with van der Waals surface area (Å²) in [7, 11) is 1.64. The van der Waals surface area contributed by atoms with Crippen molar-refractivity contribution in [3.63, 3.8) is 0 Å². The van der Waals surface area contributed by atoms with Crippen LogP contribution in [0.2, 0.25) is 5.02 Å². The highest BCUT2D eigenvalue weighted by atomic mass is 35.5. The maximum absolute atomic E-state index is 12.6. The van der Waals surface area contributed by atoms with Gasteiger partial charge < -0.3 is 14.2 Å². The van der Waals surface area contributed by atoms with Gasteiger partial charge >= 0.3 is 5.69 Å². The molecule has 1 fully saturated rings. The van der Waals surface area contributed by atoms with Crippen LogP contribution in [0.25, 0.3) is 21.3 Å². The number of fused-ring (bicyclic) bond motifs is 1. The van der Waals surface area contributed by atoms with E-state index in [0.29, 0.717) is 17.0 Å². The fourth-order valence-corrected chi connectivity index (χ4v) is 6.63. The summed E-state index contributed by atoms with van der Waals surface area (Å²) >= 11 is 8.09. The zero-order valence-electron chi connectivity index (χ0n) is 22.4. The van der Waals surface area contributed by atoms with Gasteiger partial charge in [0.2, 0.25) is 0 Å². The van der Waals surface area contributed by atoms with Crippen molar-refractivity contribution in [2.24, 2.45) is 13.0 Å². The minimum Gasteiger partial charge on any atom is -0.489 e. The highest BCUT2D eigenvalue weighted by molar-refractivity contribution is 7.19. The van der Waals surface area contributed by atoms with Gasteiger partial charge in [-0.15, -0.1) is 11.3 Å². The molecular formula is C29H33ClN4O3S. The molecule has 1 aliphatic rings. The van der Waals surface area contributed by atoms with Crippen LogP contribution in [0.15, 0.2) is 52.3 Å². The number of rotatable bonds is 6. The highest BCUT2D eigenvalue weighted by Crippen LogP contribution is 2.42. The van der Waals surface area contributed by atoms with Crippen molar-refractivity contribution < 1.29 is 4.74 Å². The van der Waals surface area contributed by atoms with Gasteiger partial charge in [0.15, 0.2) is 0 Å². The number of aryl methyl sites for hydroxylation is 2. The third kappa shape index (κ3) is 5.17. The number of likely N-dealkylation sites (tertiary alicyclic amines) is 1. The Kier molecular flexibility index (Phi) is 7.49. The Balaban J connectivity index is 1.54. The van der Waals surface area contributed by atoms with Gasteiger partial charge in [0, 0.05) is 71.6 Å². The van der Waals surface area contributed by atoms with E-state index in [1.54, 1.807) is 13.2 Å². The first-order chi connectivity index (χ1) is 18.1. The number of piperidine rings is 1. The molecule has 0 aliphatic carbocycles. The number of halogens is 1. The standard InChI is InChI=1S/C29H33ClN4O3S/c1-17(2)33-11-7-25(19(4)15-33)37-27-18(3)12-20(30)13-23(27)22-6-9-31-24-14-21(38-28(22)24)16-34-26(35)8-10-32(5)29(34)36/h6,8-10,12-14,17,19,25H,7,11,15-16H2,1-5H3/t19-,25+/m0/s1. The van der Waals surface area contributed by atoms with E-state index < -0.39 is 0 Å². The maximum atomic E-state index is 12.6. The zero-order chi connectivity index (χ0) is 27.1. The summed E-state index contributed by atoms with van der Waals surface area (Å²) < 4.78 is 10.4. The molecule has 1 saturated heterocycles. The molecule has 0 unspecified atom stereocenters. The molecule has 4 aromatic rings.